The number of anilines is 1. The van der Waals surface area contributed by atoms with Gasteiger partial charge in [-0.25, -0.2) is 0 Å². The number of halogens is 2. The number of aryl methyl sites for hydroxylation is 1. The van der Waals surface area contributed by atoms with E-state index in [2.05, 4.69) is 11.4 Å². The van der Waals surface area contributed by atoms with Gasteiger partial charge in [0.25, 0.3) is 17.7 Å². The fraction of sp³-hybridized carbons (Fsp3) is 0.286. The summed E-state index contributed by atoms with van der Waals surface area (Å²) in [6, 6.07) is 4.67. The summed E-state index contributed by atoms with van der Waals surface area (Å²) in [6.45, 7) is -1.28. The maximum absolute atomic E-state index is 12.4. The molecule has 11 heteroatoms. The minimum absolute atomic E-state index is 0.0423. The van der Waals surface area contributed by atoms with Crippen molar-refractivity contribution in [3.63, 3.8) is 0 Å². The number of benzene rings is 1. The van der Waals surface area contributed by atoms with Crippen LogP contribution >= 0.6 is 34.5 Å². The molecule has 1 N–H and O–H groups in total. The van der Waals surface area contributed by atoms with Gasteiger partial charge in [-0.15, -0.1) is 11.3 Å². The van der Waals surface area contributed by atoms with Crippen LogP contribution in [0.15, 0.2) is 12.1 Å². The predicted octanol–water partition coefficient (Wildman–Crippen LogP) is 3.58. The van der Waals surface area contributed by atoms with E-state index in [1.54, 1.807) is 0 Å². The van der Waals surface area contributed by atoms with Gasteiger partial charge in [0, 0.05) is 4.88 Å². The molecule has 0 bridgehead atoms. The van der Waals surface area contributed by atoms with Crippen LogP contribution < -0.4 is 5.32 Å². The number of carbonyl (C=O) groups excluding carboxylic acids is 4. The van der Waals surface area contributed by atoms with Gasteiger partial charge in [0.2, 0.25) is 0 Å². The zero-order chi connectivity index (χ0) is 23.0. The number of amides is 3. The topological polar surface area (TPSA) is 117 Å². The first-order valence-corrected chi connectivity index (χ1v) is 11.2. The Kier molecular flexibility index (Phi) is 6.20. The lowest BCUT2D eigenvalue weighted by Crippen LogP contribution is -2.36. The molecule has 1 aromatic carbocycles. The van der Waals surface area contributed by atoms with Crippen molar-refractivity contribution < 1.29 is 23.9 Å². The molecule has 4 rings (SSSR count). The molecule has 2 heterocycles. The number of nitrogens with zero attached hydrogens (tertiary/aromatic N) is 2. The molecule has 1 aliphatic carbocycles. The molecule has 0 unspecified atom stereocenters. The van der Waals surface area contributed by atoms with Crippen molar-refractivity contribution in [2.75, 3.05) is 18.5 Å². The number of thiophene rings is 1. The second kappa shape index (κ2) is 8.90. The zero-order valence-electron chi connectivity index (χ0n) is 16.5. The van der Waals surface area contributed by atoms with Crippen molar-refractivity contribution in [2.24, 2.45) is 0 Å². The molecular formula is C21H15Cl2N3O5S. The second-order valence-corrected chi connectivity index (χ2v) is 9.16. The Balaban J connectivity index is 1.35. The predicted molar refractivity (Wildman–Crippen MR) is 117 cm³/mol. The van der Waals surface area contributed by atoms with Crippen molar-refractivity contribution in [3.05, 3.63) is 49.3 Å². The van der Waals surface area contributed by atoms with E-state index < -0.39 is 36.8 Å². The molecule has 0 atom stereocenters. The van der Waals surface area contributed by atoms with Crippen LogP contribution in [-0.2, 0) is 27.2 Å². The first-order chi connectivity index (χ1) is 15.3. The third-order valence-corrected chi connectivity index (χ3v) is 7.13. The van der Waals surface area contributed by atoms with E-state index in [-0.39, 0.29) is 21.2 Å². The van der Waals surface area contributed by atoms with Gasteiger partial charge in [0.05, 0.1) is 26.7 Å². The van der Waals surface area contributed by atoms with Crippen molar-refractivity contribution in [2.45, 2.75) is 25.7 Å². The molecule has 0 saturated carbocycles. The number of rotatable bonds is 5. The molecule has 1 aromatic heterocycles. The number of hydrogen-bond acceptors (Lipinski definition) is 7. The van der Waals surface area contributed by atoms with Gasteiger partial charge >= 0.3 is 5.97 Å². The highest BCUT2D eigenvalue weighted by Crippen LogP contribution is 2.37. The van der Waals surface area contributed by atoms with E-state index in [9.17, 15) is 24.4 Å². The van der Waals surface area contributed by atoms with Crippen LogP contribution in [0, 0.1) is 11.3 Å². The molecule has 8 nitrogen and oxygen atoms in total. The van der Waals surface area contributed by atoms with Crippen molar-refractivity contribution >= 4 is 63.2 Å². The molecule has 0 fully saturated rings. The van der Waals surface area contributed by atoms with E-state index in [1.807, 2.05) is 0 Å². The Bertz CT molecular complexity index is 1180. The first-order valence-electron chi connectivity index (χ1n) is 9.65. The van der Waals surface area contributed by atoms with Gasteiger partial charge in [-0.1, -0.05) is 23.2 Å². The normalized spacial score (nSPS) is 14.6. The van der Waals surface area contributed by atoms with Crippen molar-refractivity contribution in [3.8, 4) is 6.07 Å². The summed E-state index contributed by atoms with van der Waals surface area (Å²) in [5.74, 6) is -2.95. The standard InChI is InChI=1S/C21H15Cl2N3O5S/c22-14-5-11-12(6-15(14)23)21(30)26(20(11)29)8-18(28)31-9-17(27)25-19-13(7-24)10-3-1-2-4-16(10)32-19/h5-6H,1-4,8-9H2,(H,25,27). The van der Waals surface area contributed by atoms with Crippen LogP contribution in [0.2, 0.25) is 10.0 Å². The Morgan fingerprint density at radius 1 is 1.12 bits per heavy atom. The fourth-order valence-corrected chi connectivity index (χ4v) is 5.27. The van der Waals surface area contributed by atoms with E-state index in [4.69, 9.17) is 27.9 Å². The molecule has 32 heavy (non-hydrogen) atoms. The number of imide groups is 1. The molecule has 0 radical (unpaired) electrons. The molecule has 2 aromatic rings. The Hall–Kier alpha value is -2.93. The quantitative estimate of drug-likeness (QED) is 0.504. The number of hydrogen-bond donors (Lipinski definition) is 1. The van der Waals surface area contributed by atoms with E-state index in [0.717, 1.165) is 36.1 Å². The first kappa shape index (κ1) is 22.3. The van der Waals surface area contributed by atoms with Crippen LogP contribution in [0.4, 0.5) is 5.00 Å². The number of nitrogens with one attached hydrogen (secondary N) is 1. The van der Waals surface area contributed by atoms with Gasteiger partial charge in [-0.05, 0) is 43.4 Å². The smallest absolute Gasteiger partial charge is 0.326 e. The highest BCUT2D eigenvalue weighted by atomic mass is 35.5. The number of ether oxygens (including phenoxy) is 1. The van der Waals surface area contributed by atoms with Crippen molar-refractivity contribution in [1.29, 1.82) is 5.26 Å². The number of fused-ring (bicyclic) bond motifs is 2. The summed E-state index contributed by atoms with van der Waals surface area (Å²) in [5, 5.41) is 12.7. The van der Waals surface area contributed by atoms with Crippen molar-refractivity contribution in [1.82, 2.24) is 4.90 Å². The van der Waals surface area contributed by atoms with E-state index >= 15 is 0 Å². The molecule has 1 aliphatic heterocycles. The summed E-state index contributed by atoms with van der Waals surface area (Å²) in [5.41, 5.74) is 1.51. The molecule has 164 valence electrons. The zero-order valence-corrected chi connectivity index (χ0v) is 18.8. The summed E-state index contributed by atoms with van der Waals surface area (Å²) in [6.07, 6.45) is 3.71. The van der Waals surface area contributed by atoms with Gasteiger partial charge in [0.1, 0.15) is 17.6 Å². The molecule has 0 saturated heterocycles. The lowest BCUT2D eigenvalue weighted by molar-refractivity contribution is -0.147. The Labute approximate surface area is 196 Å². The van der Waals surface area contributed by atoms with Crippen LogP contribution in [-0.4, -0.2) is 41.7 Å². The molecule has 2 aliphatic rings. The number of nitriles is 1. The maximum atomic E-state index is 12.4. The van der Waals surface area contributed by atoms with Gasteiger partial charge in [-0.3, -0.25) is 24.1 Å². The Morgan fingerprint density at radius 2 is 1.75 bits per heavy atom. The summed E-state index contributed by atoms with van der Waals surface area (Å²) in [4.78, 5) is 51.1. The monoisotopic (exact) mass is 491 g/mol. The third kappa shape index (κ3) is 4.09. The number of esters is 1. The van der Waals surface area contributed by atoms with Crippen LogP contribution in [0.5, 0.6) is 0 Å². The maximum Gasteiger partial charge on any atom is 0.326 e. The molecule has 3 amide bonds. The summed E-state index contributed by atoms with van der Waals surface area (Å²) in [7, 11) is 0. The Morgan fingerprint density at radius 3 is 2.38 bits per heavy atom. The highest BCUT2D eigenvalue weighted by Gasteiger charge is 2.38. The third-order valence-electron chi connectivity index (χ3n) is 5.20. The van der Waals surface area contributed by atoms with E-state index in [0.29, 0.717) is 15.5 Å². The van der Waals surface area contributed by atoms with E-state index in [1.165, 1.54) is 23.5 Å². The lowest BCUT2D eigenvalue weighted by atomic mass is 9.96. The van der Waals surface area contributed by atoms with Crippen LogP contribution in [0.25, 0.3) is 0 Å². The molecular weight excluding hydrogens is 477 g/mol. The lowest BCUT2D eigenvalue weighted by Gasteiger charge is -2.13. The average molecular weight is 492 g/mol. The highest BCUT2D eigenvalue weighted by molar-refractivity contribution is 7.16. The minimum Gasteiger partial charge on any atom is -0.454 e. The average Bonchev–Trinajstić information content (AvgIpc) is 3.22. The summed E-state index contributed by atoms with van der Waals surface area (Å²) < 4.78 is 4.93. The van der Waals surface area contributed by atoms with Crippen LogP contribution in [0.1, 0.15) is 49.6 Å². The minimum atomic E-state index is -0.933. The van der Waals surface area contributed by atoms with Gasteiger partial charge < -0.3 is 10.1 Å². The second-order valence-electron chi connectivity index (χ2n) is 7.24. The SMILES string of the molecule is N#Cc1c(NC(=O)COC(=O)CN2C(=O)c3cc(Cl)c(Cl)cc3C2=O)sc2c1CCCC2. The summed E-state index contributed by atoms with van der Waals surface area (Å²) >= 11 is 13.1. The van der Waals surface area contributed by atoms with Gasteiger partial charge in [-0.2, -0.15) is 5.26 Å². The van der Waals surface area contributed by atoms with Crippen LogP contribution in [0.3, 0.4) is 0 Å². The fourth-order valence-electron chi connectivity index (χ4n) is 3.68. The molecule has 0 spiro atoms. The van der Waals surface area contributed by atoms with Gasteiger partial charge in [0.15, 0.2) is 6.61 Å². The number of carbonyl (C=O) groups is 4. The largest absolute Gasteiger partial charge is 0.454 e.